The highest BCUT2D eigenvalue weighted by molar-refractivity contribution is 5.89. The topological polar surface area (TPSA) is 79.7 Å². The first kappa shape index (κ1) is 12.3. The van der Waals surface area contributed by atoms with Crippen LogP contribution in [0.4, 0.5) is 5.69 Å². The minimum atomic E-state index is -1.03. The van der Waals surface area contributed by atoms with Crippen molar-refractivity contribution in [1.82, 2.24) is 4.98 Å². The number of carboxylic acid groups (broad SMARTS) is 1. The van der Waals surface area contributed by atoms with Crippen molar-refractivity contribution in [3.05, 3.63) is 24.0 Å². The summed E-state index contributed by atoms with van der Waals surface area (Å²) in [6, 6.07) is 1.18. The minimum Gasteiger partial charge on any atom is -0.478 e. The molecule has 96 valence electrons. The van der Waals surface area contributed by atoms with Crippen LogP contribution in [0.15, 0.2) is 18.5 Å². The van der Waals surface area contributed by atoms with Crippen LogP contribution < -0.4 is 4.90 Å². The van der Waals surface area contributed by atoms with Crippen molar-refractivity contribution in [3.8, 4) is 0 Å². The largest absolute Gasteiger partial charge is 0.478 e. The summed E-state index contributed by atoms with van der Waals surface area (Å²) >= 11 is 0. The molecule has 0 bridgehead atoms. The molecule has 0 aromatic carbocycles. The van der Waals surface area contributed by atoms with Crippen LogP contribution in [0.5, 0.6) is 0 Å². The lowest BCUT2D eigenvalue weighted by atomic mass is 10.2. The van der Waals surface area contributed by atoms with Crippen molar-refractivity contribution in [2.24, 2.45) is 0 Å². The Bertz CT molecular complexity index is 475. The van der Waals surface area contributed by atoms with Crippen LogP contribution in [0.2, 0.25) is 0 Å². The van der Waals surface area contributed by atoms with Gasteiger partial charge in [0.1, 0.15) is 6.04 Å². The molecule has 18 heavy (non-hydrogen) atoms. The summed E-state index contributed by atoms with van der Waals surface area (Å²) in [6.45, 7) is 0.699. The van der Waals surface area contributed by atoms with Gasteiger partial charge in [-0.3, -0.25) is 4.98 Å². The molecule has 6 nitrogen and oxygen atoms in total. The predicted octanol–water partition coefficient (Wildman–Crippen LogP) is 0.922. The van der Waals surface area contributed by atoms with Gasteiger partial charge >= 0.3 is 11.9 Å². The fourth-order valence-electron chi connectivity index (χ4n) is 2.16. The van der Waals surface area contributed by atoms with E-state index in [0.29, 0.717) is 18.7 Å². The summed E-state index contributed by atoms with van der Waals surface area (Å²) in [7, 11) is 1.35. The number of esters is 1. The van der Waals surface area contributed by atoms with E-state index in [9.17, 15) is 9.59 Å². The van der Waals surface area contributed by atoms with Gasteiger partial charge in [-0.1, -0.05) is 0 Å². The Hall–Kier alpha value is -2.11. The molecule has 1 atom stereocenters. The molecule has 1 saturated heterocycles. The van der Waals surface area contributed by atoms with Crippen LogP contribution >= 0.6 is 0 Å². The fraction of sp³-hybridized carbons (Fsp3) is 0.417. The zero-order valence-corrected chi connectivity index (χ0v) is 10.00. The number of methoxy groups -OCH3 is 1. The highest BCUT2D eigenvalue weighted by Crippen LogP contribution is 2.26. The average Bonchev–Trinajstić information content (AvgIpc) is 2.87. The third-order valence-electron chi connectivity index (χ3n) is 3.03. The predicted molar refractivity (Wildman–Crippen MR) is 63.6 cm³/mol. The Morgan fingerprint density at radius 3 is 2.94 bits per heavy atom. The van der Waals surface area contributed by atoms with E-state index in [4.69, 9.17) is 9.84 Å². The lowest BCUT2D eigenvalue weighted by Crippen LogP contribution is -2.37. The van der Waals surface area contributed by atoms with Crippen molar-refractivity contribution < 1.29 is 19.4 Å². The maximum Gasteiger partial charge on any atom is 0.337 e. The Labute approximate surface area is 104 Å². The maximum atomic E-state index is 11.6. The second-order valence-corrected chi connectivity index (χ2v) is 4.11. The molecule has 1 aromatic heterocycles. The van der Waals surface area contributed by atoms with E-state index in [-0.39, 0.29) is 17.6 Å². The molecule has 2 rings (SSSR count). The first-order valence-corrected chi connectivity index (χ1v) is 5.66. The number of ether oxygens (including phenoxy) is 1. The number of nitrogens with zero attached hydrogens (tertiary/aromatic N) is 2. The highest BCUT2D eigenvalue weighted by Gasteiger charge is 2.32. The molecular weight excluding hydrogens is 236 g/mol. The lowest BCUT2D eigenvalue weighted by molar-refractivity contribution is -0.141. The van der Waals surface area contributed by atoms with E-state index in [1.54, 1.807) is 6.20 Å². The van der Waals surface area contributed by atoms with E-state index >= 15 is 0 Å². The number of aromatic carboxylic acids is 1. The number of pyridine rings is 1. The molecule has 1 aliphatic heterocycles. The van der Waals surface area contributed by atoms with Gasteiger partial charge in [0.05, 0.1) is 24.6 Å². The number of hydrogen-bond acceptors (Lipinski definition) is 5. The van der Waals surface area contributed by atoms with Crippen LogP contribution in [0.25, 0.3) is 0 Å². The van der Waals surface area contributed by atoms with Gasteiger partial charge in [0.25, 0.3) is 0 Å². The van der Waals surface area contributed by atoms with Gasteiger partial charge in [-0.15, -0.1) is 0 Å². The molecule has 0 radical (unpaired) electrons. The second-order valence-electron chi connectivity index (χ2n) is 4.11. The zero-order chi connectivity index (χ0) is 13.1. The summed E-state index contributed by atoms with van der Waals surface area (Å²) in [4.78, 5) is 28.2. The summed E-state index contributed by atoms with van der Waals surface area (Å²) in [6.07, 6.45) is 4.43. The SMILES string of the molecule is COC(=O)C1CCCN1c1cncc(C(=O)O)c1. The number of rotatable bonds is 3. The van der Waals surface area contributed by atoms with E-state index < -0.39 is 5.97 Å². The average molecular weight is 250 g/mol. The zero-order valence-electron chi connectivity index (χ0n) is 10.00. The number of aromatic nitrogens is 1. The molecule has 6 heteroatoms. The van der Waals surface area contributed by atoms with Crippen LogP contribution in [-0.2, 0) is 9.53 Å². The Morgan fingerprint density at radius 2 is 2.28 bits per heavy atom. The molecule has 1 aliphatic rings. The molecule has 1 fully saturated rings. The Morgan fingerprint density at radius 1 is 1.50 bits per heavy atom. The number of hydrogen-bond donors (Lipinski definition) is 1. The third-order valence-corrected chi connectivity index (χ3v) is 3.03. The van der Waals surface area contributed by atoms with Crippen LogP contribution in [0.3, 0.4) is 0 Å². The smallest absolute Gasteiger partial charge is 0.337 e. The quantitative estimate of drug-likeness (QED) is 0.803. The molecule has 1 unspecified atom stereocenters. The number of anilines is 1. The molecule has 1 aromatic rings. The van der Waals surface area contributed by atoms with Gasteiger partial charge < -0.3 is 14.7 Å². The molecular formula is C12H14N2O4. The summed E-state index contributed by atoms with van der Waals surface area (Å²) in [5.74, 6) is -1.33. The summed E-state index contributed by atoms with van der Waals surface area (Å²) < 4.78 is 4.75. The Balaban J connectivity index is 2.27. The van der Waals surface area contributed by atoms with Crippen LogP contribution in [0.1, 0.15) is 23.2 Å². The van der Waals surface area contributed by atoms with E-state index in [0.717, 1.165) is 6.42 Å². The summed E-state index contributed by atoms with van der Waals surface area (Å²) in [5.41, 5.74) is 0.755. The van der Waals surface area contributed by atoms with Crippen molar-refractivity contribution in [2.45, 2.75) is 18.9 Å². The van der Waals surface area contributed by atoms with E-state index in [2.05, 4.69) is 4.98 Å². The van der Waals surface area contributed by atoms with Crippen LogP contribution in [-0.4, -0.2) is 41.7 Å². The molecule has 0 spiro atoms. The maximum absolute atomic E-state index is 11.6. The van der Waals surface area contributed by atoms with Gasteiger partial charge in [0, 0.05) is 12.7 Å². The van der Waals surface area contributed by atoms with Crippen molar-refractivity contribution in [2.75, 3.05) is 18.6 Å². The molecule has 1 N–H and O–H groups in total. The number of carbonyl (C=O) groups excluding carboxylic acids is 1. The lowest BCUT2D eigenvalue weighted by Gasteiger charge is -2.24. The number of carbonyl (C=O) groups is 2. The fourth-order valence-corrected chi connectivity index (χ4v) is 2.16. The van der Waals surface area contributed by atoms with Gasteiger partial charge in [-0.05, 0) is 18.9 Å². The second kappa shape index (κ2) is 5.03. The first-order chi connectivity index (χ1) is 8.63. The normalized spacial score (nSPS) is 18.7. The molecule has 2 heterocycles. The van der Waals surface area contributed by atoms with Gasteiger partial charge in [0.15, 0.2) is 0 Å². The highest BCUT2D eigenvalue weighted by atomic mass is 16.5. The third kappa shape index (κ3) is 2.27. The number of carboxylic acids is 1. The summed E-state index contributed by atoms with van der Waals surface area (Å²) in [5, 5.41) is 8.92. The minimum absolute atomic E-state index is 0.114. The molecule has 0 aliphatic carbocycles. The van der Waals surface area contributed by atoms with Crippen molar-refractivity contribution in [3.63, 3.8) is 0 Å². The first-order valence-electron chi connectivity index (χ1n) is 5.66. The van der Waals surface area contributed by atoms with E-state index in [1.165, 1.54) is 19.4 Å². The molecule has 0 amide bonds. The monoisotopic (exact) mass is 250 g/mol. The Kier molecular flexibility index (Phi) is 3.45. The van der Waals surface area contributed by atoms with Crippen molar-refractivity contribution >= 4 is 17.6 Å². The van der Waals surface area contributed by atoms with Crippen LogP contribution in [0, 0.1) is 0 Å². The van der Waals surface area contributed by atoms with E-state index in [1.807, 2.05) is 4.90 Å². The van der Waals surface area contributed by atoms with Gasteiger partial charge in [-0.25, -0.2) is 9.59 Å². The van der Waals surface area contributed by atoms with Gasteiger partial charge in [-0.2, -0.15) is 0 Å². The standard InChI is InChI=1S/C12H14N2O4/c1-18-12(17)10-3-2-4-14(10)9-5-8(11(15)16)6-13-7-9/h5-7,10H,2-4H2,1H3,(H,15,16). The van der Waals surface area contributed by atoms with Gasteiger partial charge in [0.2, 0.25) is 0 Å². The molecule has 0 saturated carbocycles. The van der Waals surface area contributed by atoms with Crippen molar-refractivity contribution in [1.29, 1.82) is 0 Å².